The Kier molecular flexibility index (Phi) is 5.28. The highest BCUT2D eigenvalue weighted by Gasteiger charge is 2.14. The van der Waals surface area contributed by atoms with Crippen molar-refractivity contribution in [1.82, 2.24) is 0 Å². The summed E-state index contributed by atoms with van der Waals surface area (Å²) in [7, 11) is 0. The molecule has 0 aliphatic carbocycles. The number of benzene rings is 2. The first kappa shape index (κ1) is 14.9. The van der Waals surface area contributed by atoms with Crippen molar-refractivity contribution in [2.75, 3.05) is 11.9 Å². The number of aliphatic hydroxyl groups is 1. The lowest BCUT2D eigenvalue weighted by Gasteiger charge is -2.19. The topological polar surface area (TPSA) is 32.3 Å². The minimum atomic E-state index is -0.214. The van der Waals surface area contributed by atoms with Crippen LogP contribution in [0.2, 0.25) is 5.02 Å². The van der Waals surface area contributed by atoms with Crippen LogP contribution in [0.15, 0.2) is 51.4 Å². The predicted molar refractivity (Wildman–Crippen MR) is 86.7 cm³/mol. The Morgan fingerprint density at radius 2 is 1.79 bits per heavy atom. The molecule has 0 saturated heterocycles. The molecule has 2 rings (SSSR count). The van der Waals surface area contributed by atoms with Crippen LogP contribution in [0.1, 0.15) is 11.6 Å². The molecule has 0 aromatic heterocycles. The van der Waals surface area contributed by atoms with E-state index in [2.05, 4.69) is 37.2 Å². The summed E-state index contributed by atoms with van der Waals surface area (Å²) in [5.74, 6) is 0. The number of nitrogens with one attached hydrogen (secondary N) is 1. The first-order valence-electron chi connectivity index (χ1n) is 5.68. The highest BCUT2D eigenvalue weighted by molar-refractivity contribution is 9.10. The third-order valence-corrected chi connectivity index (χ3v) is 4.19. The lowest BCUT2D eigenvalue weighted by atomic mass is 10.1. The fraction of sp³-hybridized carbons (Fsp3) is 0.143. The van der Waals surface area contributed by atoms with Crippen LogP contribution in [0.3, 0.4) is 0 Å². The summed E-state index contributed by atoms with van der Waals surface area (Å²) in [5.41, 5.74) is 1.87. The van der Waals surface area contributed by atoms with Crippen molar-refractivity contribution in [2.45, 2.75) is 6.04 Å². The number of anilines is 1. The molecule has 1 unspecified atom stereocenters. The molecule has 100 valence electrons. The zero-order valence-corrected chi connectivity index (χ0v) is 13.8. The van der Waals surface area contributed by atoms with Gasteiger partial charge < -0.3 is 10.4 Å². The molecule has 0 radical (unpaired) electrons. The second kappa shape index (κ2) is 6.75. The minimum Gasteiger partial charge on any atom is -0.394 e. The van der Waals surface area contributed by atoms with Gasteiger partial charge in [-0.3, -0.25) is 0 Å². The molecule has 0 saturated carbocycles. The minimum absolute atomic E-state index is 0.0188. The van der Waals surface area contributed by atoms with E-state index < -0.39 is 0 Å². The van der Waals surface area contributed by atoms with E-state index in [4.69, 9.17) is 11.6 Å². The van der Waals surface area contributed by atoms with Crippen molar-refractivity contribution in [1.29, 1.82) is 0 Å². The standard InChI is InChI=1S/C14H12Br2ClNO/c15-9-1-4-11(5-2-9)18-14(8-19)12-7-10(17)3-6-13(12)16/h1-7,14,18-19H,8H2. The first-order valence-corrected chi connectivity index (χ1v) is 7.64. The first-order chi connectivity index (χ1) is 9.10. The second-order valence-electron chi connectivity index (χ2n) is 4.05. The van der Waals surface area contributed by atoms with E-state index in [1.54, 1.807) is 0 Å². The Morgan fingerprint density at radius 3 is 2.42 bits per heavy atom. The summed E-state index contributed by atoms with van der Waals surface area (Å²) in [5, 5.41) is 13.5. The Hall–Kier alpha value is -0.550. The van der Waals surface area contributed by atoms with Crippen LogP contribution in [0, 0.1) is 0 Å². The van der Waals surface area contributed by atoms with Gasteiger partial charge >= 0.3 is 0 Å². The van der Waals surface area contributed by atoms with Crippen molar-refractivity contribution < 1.29 is 5.11 Å². The third-order valence-electron chi connectivity index (χ3n) is 2.70. The van der Waals surface area contributed by atoms with Gasteiger partial charge in [0.1, 0.15) is 0 Å². The normalized spacial score (nSPS) is 12.2. The van der Waals surface area contributed by atoms with E-state index in [9.17, 15) is 5.11 Å². The predicted octanol–water partition coefficient (Wildman–Crippen LogP) is 5.01. The van der Waals surface area contributed by atoms with E-state index in [0.717, 1.165) is 20.2 Å². The van der Waals surface area contributed by atoms with Crippen LogP contribution in [0.4, 0.5) is 5.69 Å². The van der Waals surface area contributed by atoms with Crippen molar-refractivity contribution in [3.8, 4) is 0 Å². The van der Waals surface area contributed by atoms with Crippen LogP contribution < -0.4 is 5.32 Å². The van der Waals surface area contributed by atoms with E-state index >= 15 is 0 Å². The molecule has 2 aromatic carbocycles. The van der Waals surface area contributed by atoms with Gasteiger partial charge in [-0.1, -0.05) is 43.5 Å². The van der Waals surface area contributed by atoms with Gasteiger partial charge in [0.2, 0.25) is 0 Å². The summed E-state index contributed by atoms with van der Waals surface area (Å²) in [4.78, 5) is 0. The summed E-state index contributed by atoms with van der Waals surface area (Å²) in [6.07, 6.45) is 0. The molecule has 0 fully saturated rings. The fourth-order valence-electron chi connectivity index (χ4n) is 1.75. The number of aliphatic hydroxyl groups excluding tert-OH is 1. The van der Waals surface area contributed by atoms with Gasteiger partial charge in [0, 0.05) is 19.7 Å². The van der Waals surface area contributed by atoms with E-state index in [1.165, 1.54) is 0 Å². The molecule has 2 nitrogen and oxygen atoms in total. The quantitative estimate of drug-likeness (QED) is 0.749. The molecule has 19 heavy (non-hydrogen) atoms. The molecule has 1 atom stereocenters. The van der Waals surface area contributed by atoms with Gasteiger partial charge in [-0.2, -0.15) is 0 Å². The molecule has 0 amide bonds. The molecular weight excluding hydrogens is 393 g/mol. The lowest BCUT2D eigenvalue weighted by Crippen LogP contribution is -2.15. The van der Waals surface area contributed by atoms with Gasteiger partial charge in [-0.25, -0.2) is 0 Å². The maximum atomic E-state index is 9.58. The van der Waals surface area contributed by atoms with Gasteiger partial charge in [-0.05, 0) is 48.0 Å². The van der Waals surface area contributed by atoms with Crippen LogP contribution in [-0.2, 0) is 0 Å². The molecule has 0 bridgehead atoms. The highest BCUT2D eigenvalue weighted by atomic mass is 79.9. The Bertz CT molecular complexity index is 560. The largest absolute Gasteiger partial charge is 0.394 e. The Labute approximate surface area is 134 Å². The molecule has 0 aliphatic heterocycles. The lowest BCUT2D eigenvalue weighted by molar-refractivity contribution is 0.276. The van der Waals surface area contributed by atoms with E-state index in [0.29, 0.717) is 5.02 Å². The Morgan fingerprint density at radius 1 is 1.11 bits per heavy atom. The average Bonchev–Trinajstić information content (AvgIpc) is 2.41. The van der Waals surface area contributed by atoms with Crippen molar-refractivity contribution in [3.63, 3.8) is 0 Å². The maximum Gasteiger partial charge on any atom is 0.0756 e. The van der Waals surface area contributed by atoms with Crippen molar-refractivity contribution >= 4 is 49.1 Å². The average molecular weight is 406 g/mol. The second-order valence-corrected chi connectivity index (χ2v) is 6.26. The molecule has 0 spiro atoms. The van der Waals surface area contributed by atoms with Crippen LogP contribution in [0.5, 0.6) is 0 Å². The highest BCUT2D eigenvalue weighted by Crippen LogP contribution is 2.29. The number of hydrogen-bond donors (Lipinski definition) is 2. The van der Waals surface area contributed by atoms with E-state index in [1.807, 2.05) is 42.5 Å². The van der Waals surface area contributed by atoms with Crippen molar-refractivity contribution in [3.05, 3.63) is 62.0 Å². The molecule has 5 heteroatoms. The summed E-state index contributed by atoms with van der Waals surface area (Å²) < 4.78 is 1.93. The summed E-state index contributed by atoms with van der Waals surface area (Å²) in [6.45, 7) is -0.0188. The molecule has 0 heterocycles. The third kappa shape index (κ3) is 3.96. The van der Waals surface area contributed by atoms with Crippen LogP contribution in [0.25, 0.3) is 0 Å². The fourth-order valence-corrected chi connectivity index (χ4v) is 2.72. The zero-order valence-electron chi connectivity index (χ0n) is 9.91. The van der Waals surface area contributed by atoms with E-state index in [-0.39, 0.29) is 12.6 Å². The summed E-state index contributed by atoms with van der Waals surface area (Å²) in [6, 6.07) is 13.1. The number of rotatable bonds is 4. The number of halogens is 3. The van der Waals surface area contributed by atoms with Crippen LogP contribution in [-0.4, -0.2) is 11.7 Å². The smallest absolute Gasteiger partial charge is 0.0756 e. The molecule has 2 aromatic rings. The zero-order chi connectivity index (χ0) is 13.8. The molecule has 2 N–H and O–H groups in total. The molecular formula is C14H12Br2ClNO. The van der Waals surface area contributed by atoms with Crippen molar-refractivity contribution in [2.24, 2.45) is 0 Å². The molecule has 0 aliphatic rings. The SMILES string of the molecule is OCC(Nc1ccc(Br)cc1)c1cc(Cl)ccc1Br. The monoisotopic (exact) mass is 403 g/mol. The van der Waals surface area contributed by atoms with Gasteiger partial charge in [0.05, 0.1) is 12.6 Å². The maximum absolute atomic E-state index is 9.58. The Balaban J connectivity index is 2.24. The van der Waals surface area contributed by atoms with Crippen LogP contribution >= 0.6 is 43.5 Å². The summed E-state index contributed by atoms with van der Waals surface area (Å²) >= 11 is 12.9. The van der Waals surface area contributed by atoms with Gasteiger partial charge in [0.15, 0.2) is 0 Å². The number of hydrogen-bond acceptors (Lipinski definition) is 2. The van der Waals surface area contributed by atoms with Gasteiger partial charge in [-0.15, -0.1) is 0 Å². The van der Waals surface area contributed by atoms with Gasteiger partial charge in [0.25, 0.3) is 0 Å².